The number of benzene rings is 1. The van der Waals surface area contributed by atoms with Crippen LogP contribution in [0.1, 0.15) is 23.2 Å². The van der Waals surface area contributed by atoms with E-state index in [2.05, 4.69) is 14.8 Å². The first-order chi connectivity index (χ1) is 10.0. The van der Waals surface area contributed by atoms with Crippen molar-refractivity contribution in [2.45, 2.75) is 17.7 Å². The smallest absolute Gasteiger partial charge is 0.339 e. The highest BCUT2D eigenvalue weighted by Gasteiger charge is 2.23. The molecule has 21 heavy (non-hydrogen) atoms. The highest BCUT2D eigenvalue weighted by molar-refractivity contribution is 7.89. The third-order valence-corrected chi connectivity index (χ3v) is 5.02. The molecule has 0 radical (unpaired) electrons. The summed E-state index contributed by atoms with van der Waals surface area (Å²) in [5.74, 6) is -0.380. The van der Waals surface area contributed by atoms with Gasteiger partial charge in [0, 0.05) is 6.54 Å². The molecule has 1 aromatic carbocycles. The van der Waals surface area contributed by atoms with Gasteiger partial charge < -0.3 is 10.1 Å². The zero-order chi connectivity index (χ0) is 15.3. The lowest BCUT2D eigenvalue weighted by Crippen LogP contribution is -2.38. The normalized spacial score (nSPS) is 19.2. The third-order valence-electron chi connectivity index (χ3n) is 3.54. The molecular formula is C14H20N2O4S. The van der Waals surface area contributed by atoms with Crippen LogP contribution >= 0.6 is 0 Å². The van der Waals surface area contributed by atoms with Gasteiger partial charge in [0.2, 0.25) is 10.0 Å². The highest BCUT2D eigenvalue weighted by Crippen LogP contribution is 2.17. The Kier molecular flexibility index (Phi) is 5.33. The summed E-state index contributed by atoms with van der Waals surface area (Å²) in [5.41, 5.74) is 0.0502. The van der Waals surface area contributed by atoms with Gasteiger partial charge in [0.05, 0.1) is 17.6 Å². The van der Waals surface area contributed by atoms with Crippen LogP contribution in [0.25, 0.3) is 0 Å². The summed E-state index contributed by atoms with van der Waals surface area (Å²) in [4.78, 5) is 11.6. The van der Waals surface area contributed by atoms with Crippen molar-refractivity contribution in [1.82, 2.24) is 10.0 Å². The topological polar surface area (TPSA) is 84.5 Å². The molecule has 0 aliphatic carbocycles. The summed E-state index contributed by atoms with van der Waals surface area (Å²) in [6.45, 7) is 2.15. The van der Waals surface area contributed by atoms with Gasteiger partial charge in [-0.2, -0.15) is 0 Å². The van der Waals surface area contributed by atoms with E-state index in [4.69, 9.17) is 0 Å². The molecule has 6 nitrogen and oxygen atoms in total. The molecule has 0 bridgehead atoms. The minimum absolute atomic E-state index is 0.0411. The van der Waals surface area contributed by atoms with Gasteiger partial charge in [0.25, 0.3) is 0 Å². The van der Waals surface area contributed by atoms with Crippen LogP contribution in [0.3, 0.4) is 0 Å². The number of ether oxygens (including phenoxy) is 1. The van der Waals surface area contributed by atoms with E-state index in [0.29, 0.717) is 6.54 Å². The van der Waals surface area contributed by atoms with Crippen molar-refractivity contribution in [1.29, 1.82) is 0 Å². The summed E-state index contributed by atoms with van der Waals surface area (Å²) in [6.07, 6.45) is 2.04. The predicted molar refractivity (Wildman–Crippen MR) is 78.6 cm³/mol. The van der Waals surface area contributed by atoms with Gasteiger partial charge >= 0.3 is 5.97 Å². The van der Waals surface area contributed by atoms with Gasteiger partial charge in [-0.15, -0.1) is 0 Å². The van der Waals surface area contributed by atoms with Gasteiger partial charge in [-0.25, -0.2) is 17.9 Å². The van der Waals surface area contributed by atoms with Gasteiger partial charge in [0.15, 0.2) is 0 Å². The number of methoxy groups -OCH3 is 1. The van der Waals surface area contributed by atoms with Gasteiger partial charge in [-0.05, 0) is 44.0 Å². The maximum atomic E-state index is 12.4. The fourth-order valence-corrected chi connectivity index (χ4v) is 3.69. The van der Waals surface area contributed by atoms with Crippen LogP contribution in [0.4, 0.5) is 0 Å². The van der Waals surface area contributed by atoms with E-state index in [-0.39, 0.29) is 16.4 Å². The average molecular weight is 312 g/mol. The molecule has 1 aromatic rings. The quantitative estimate of drug-likeness (QED) is 0.784. The van der Waals surface area contributed by atoms with Crippen LogP contribution < -0.4 is 10.0 Å². The Morgan fingerprint density at radius 2 is 2.19 bits per heavy atom. The molecule has 2 N–H and O–H groups in total. The first kappa shape index (κ1) is 15.9. The van der Waals surface area contributed by atoms with Gasteiger partial charge in [0.1, 0.15) is 0 Å². The maximum Gasteiger partial charge on any atom is 0.339 e. The predicted octanol–water partition coefficient (Wildman–Crippen LogP) is 0.751. The van der Waals surface area contributed by atoms with Crippen LogP contribution in [-0.2, 0) is 14.8 Å². The van der Waals surface area contributed by atoms with E-state index in [1.807, 2.05) is 0 Å². The number of carbonyl (C=O) groups excluding carboxylic acids is 1. The molecular weight excluding hydrogens is 292 g/mol. The molecule has 0 spiro atoms. The molecule has 7 heteroatoms. The first-order valence-electron chi connectivity index (χ1n) is 6.92. The fourth-order valence-electron chi connectivity index (χ4n) is 2.38. The van der Waals surface area contributed by atoms with E-state index >= 15 is 0 Å². The van der Waals surface area contributed by atoms with E-state index in [1.165, 1.54) is 19.2 Å². The SMILES string of the molecule is COC(=O)c1ccccc1S(=O)(=O)NCC1CCCNC1. The van der Waals surface area contributed by atoms with Gasteiger partial charge in [-0.1, -0.05) is 12.1 Å². The first-order valence-corrected chi connectivity index (χ1v) is 8.40. The Morgan fingerprint density at radius 3 is 2.86 bits per heavy atom. The van der Waals surface area contributed by atoms with E-state index < -0.39 is 16.0 Å². The van der Waals surface area contributed by atoms with Crippen molar-refractivity contribution < 1.29 is 17.9 Å². The van der Waals surface area contributed by atoms with Crippen molar-refractivity contribution in [2.75, 3.05) is 26.7 Å². The van der Waals surface area contributed by atoms with Crippen LogP contribution in [-0.4, -0.2) is 41.1 Å². The Balaban J connectivity index is 2.13. The Bertz CT molecular complexity index is 595. The molecule has 1 saturated heterocycles. The molecule has 1 aliphatic heterocycles. The van der Waals surface area contributed by atoms with E-state index in [1.54, 1.807) is 12.1 Å². The number of carbonyl (C=O) groups is 1. The van der Waals surface area contributed by atoms with Crippen LogP contribution in [0.15, 0.2) is 29.2 Å². The van der Waals surface area contributed by atoms with Crippen molar-refractivity contribution in [3.05, 3.63) is 29.8 Å². The summed E-state index contributed by atoms with van der Waals surface area (Å²) in [7, 11) is -2.50. The Morgan fingerprint density at radius 1 is 1.43 bits per heavy atom. The number of piperidine rings is 1. The lowest BCUT2D eigenvalue weighted by Gasteiger charge is -2.23. The minimum Gasteiger partial charge on any atom is -0.465 e. The molecule has 116 valence electrons. The number of esters is 1. The average Bonchev–Trinajstić information content (AvgIpc) is 2.53. The van der Waals surface area contributed by atoms with Crippen LogP contribution in [0.2, 0.25) is 0 Å². The molecule has 2 rings (SSSR count). The number of nitrogens with one attached hydrogen (secondary N) is 2. The van der Waals surface area contributed by atoms with Crippen LogP contribution in [0.5, 0.6) is 0 Å². The molecule has 1 heterocycles. The molecule has 1 unspecified atom stereocenters. The highest BCUT2D eigenvalue weighted by atomic mass is 32.2. The summed E-state index contributed by atoms with van der Waals surface area (Å²) in [5, 5.41) is 3.24. The van der Waals surface area contributed by atoms with Crippen molar-refractivity contribution in [3.8, 4) is 0 Å². The van der Waals surface area contributed by atoms with E-state index in [9.17, 15) is 13.2 Å². The number of rotatable bonds is 5. The second kappa shape index (κ2) is 7.02. The van der Waals surface area contributed by atoms with Gasteiger partial charge in [-0.3, -0.25) is 0 Å². The Hall–Kier alpha value is -1.44. The lowest BCUT2D eigenvalue weighted by atomic mass is 10.0. The summed E-state index contributed by atoms with van der Waals surface area (Å²) >= 11 is 0. The second-order valence-corrected chi connectivity index (χ2v) is 6.79. The number of sulfonamides is 1. The molecule has 1 atom stereocenters. The molecule has 0 amide bonds. The van der Waals surface area contributed by atoms with Crippen molar-refractivity contribution in [3.63, 3.8) is 0 Å². The maximum absolute atomic E-state index is 12.4. The number of hydrogen-bond acceptors (Lipinski definition) is 5. The molecule has 0 saturated carbocycles. The van der Waals surface area contributed by atoms with Crippen molar-refractivity contribution >= 4 is 16.0 Å². The standard InChI is InChI=1S/C14H20N2O4S/c1-20-14(17)12-6-2-3-7-13(12)21(18,19)16-10-11-5-4-8-15-9-11/h2-3,6-7,11,15-16H,4-5,8-10H2,1H3. The van der Waals surface area contributed by atoms with Crippen LogP contribution in [0, 0.1) is 5.92 Å². The number of hydrogen-bond donors (Lipinski definition) is 2. The zero-order valence-corrected chi connectivity index (χ0v) is 12.8. The third kappa shape index (κ3) is 4.03. The largest absolute Gasteiger partial charge is 0.465 e. The molecule has 1 aliphatic rings. The Labute approximate surface area is 124 Å². The summed E-state index contributed by atoms with van der Waals surface area (Å²) < 4.78 is 32.0. The van der Waals surface area contributed by atoms with E-state index in [0.717, 1.165) is 25.9 Å². The fraction of sp³-hybridized carbons (Fsp3) is 0.500. The van der Waals surface area contributed by atoms with Crippen molar-refractivity contribution in [2.24, 2.45) is 5.92 Å². The lowest BCUT2D eigenvalue weighted by molar-refractivity contribution is 0.0596. The monoisotopic (exact) mass is 312 g/mol. The molecule has 0 aromatic heterocycles. The zero-order valence-electron chi connectivity index (χ0n) is 12.0. The molecule has 1 fully saturated rings. The minimum atomic E-state index is -3.72. The summed E-state index contributed by atoms with van der Waals surface area (Å²) in [6, 6.07) is 6.05. The second-order valence-electron chi connectivity index (χ2n) is 5.05.